The van der Waals surface area contributed by atoms with Crippen molar-refractivity contribution in [3.63, 3.8) is 0 Å². The zero-order chi connectivity index (χ0) is 12.1. The number of hydrogen-bond donors (Lipinski definition) is 1. The fourth-order valence-electron chi connectivity index (χ4n) is 1.90. The Hall–Kier alpha value is -1.28. The molecule has 0 heterocycles. The van der Waals surface area contributed by atoms with E-state index in [1.165, 1.54) is 11.1 Å². The number of alkyl halides is 1. The van der Waals surface area contributed by atoms with Gasteiger partial charge in [0.1, 0.15) is 5.75 Å². The van der Waals surface area contributed by atoms with Crippen LogP contribution in [0, 0.1) is 0 Å². The predicted molar refractivity (Wildman–Crippen MR) is 74.8 cm³/mol. The normalized spacial score (nSPS) is 12.3. The first-order valence-electron chi connectivity index (χ1n) is 5.68. The molecule has 0 bridgehead atoms. The van der Waals surface area contributed by atoms with Gasteiger partial charge in [-0.05, 0) is 35.6 Å². The molecule has 0 aromatic heterocycles. The number of benzene rings is 2. The molecule has 1 unspecified atom stereocenters. The first-order valence-corrected chi connectivity index (χ1v) is 6.80. The highest BCUT2D eigenvalue weighted by Crippen LogP contribution is 2.23. The summed E-state index contributed by atoms with van der Waals surface area (Å²) in [5.74, 6) is 0.796. The first kappa shape index (κ1) is 12.2. The van der Waals surface area contributed by atoms with Crippen molar-refractivity contribution < 1.29 is 5.11 Å². The molecular formula is C15H15BrO. The van der Waals surface area contributed by atoms with Crippen LogP contribution in [-0.2, 0) is 6.42 Å². The lowest BCUT2D eigenvalue weighted by Crippen LogP contribution is -2.04. The van der Waals surface area contributed by atoms with Crippen LogP contribution in [0.2, 0.25) is 0 Å². The van der Waals surface area contributed by atoms with Crippen molar-refractivity contribution in [1.82, 2.24) is 0 Å². The standard InChI is InChI=1S/C15H15BrO/c16-11-14(13-4-2-1-3-5-13)10-12-6-8-15(17)9-7-12/h1-9,14,17H,10-11H2. The monoisotopic (exact) mass is 290 g/mol. The third-order valence-corrected chi connectivity index (χ3v) is 3.66. The lowest BCUT2D eigenvalue weighted by Gasteiger charge is -2.14. The second-order valence-corrected chi connectivity index (χ2v) is 4.78. The average Bonchev–Trinajstić information content (AvgIpc) is 2.39. The summed E-state index contributed by atoms with van der Waals surface area (Å²) in [4.78, 5) is 0. The van der Waals surface area contributed by atoms with Crippen molar-refractivity contribution in [3.8, 4) is 5.75 Å². The summed E-state index contributed by atoms with van der Waals surface area (Å²) in [6.45, 7) is 0. The maximum atomic E-state index is 9.26. The van der Waals surface area contributed by atoms with Crippen LogP contribution in [-0.4, -0.2) is 10.4 Å². The minimum Gasteiger partial charge on any atom is -0.508 e. The smallest absolute Gasteiger partial charge is 0.115 e. The molecule has 0 spiro atoms. The van der Waals surface area contributed by atoms with Crippen molar-refractivity contribution in [1.29, 1.82) is 0 Å². The molecule has 88 valence electrons. The van der Waals surface area contributed by atoms with E-state index in [1.54, 1.807) is 12.1 Å². The van der Waals surface area contributed by atoms with E-state index in [2.05, 4.69) is 40.2 Å². The molecule has 2 heteroatoms. The Kier molecular flexibility index (Phi) is 4.21. The molecule has 1 N–H and O–H groups in total. The molecular weight excluding hydrogens is 276 g/mol. The summed E-state index contributed by atoms with van der Waals surface area (Å²) in [6.07, 6.45) is 0.982. The third-order valence-electron chi connectivity index (χ3n) is 2.88. The topological polar surface area (TPSA) is 20.2 Å². The molecule has 2 aromatic carbocycles. The van der Waals surface area contributed by atoms with Gasteiger partial charge in [0.05, 0.1) is 0 Å². The van der Waals surface area contributed by atoms with Gasteiger partial charge < -0.3 is 5.11 Å². The second-order valence-electron chi connectivity index (χ2n) is 4.13. The van der Waals surface area contributed by atoms with Crippen LogP contribution in [0.25, 0.3) is 0 Å². The minimum absolute atomic E-state index is 0.323. The lowest BCUT2D eigenvalue weighted by molar-refractivity contribution is 0.475. The van der Waals surface area contributed by atoms with Crippen molar-refractivity contribution >= 4 is 15.9 Å². The van der Waals surface area contributed by atoms with Crippen LogP contribution < -0.4 is 0 Å². The summed E-state index contributed by atoms with van der Waals surface area (Å²) in [6, 6.07) is 17.9. The highest BCUT2D eigenvalue weighted by molar-refractivity contribution is 9.09. The van der Waals surface area contributed by atoms with Crippen LogP contribution in [0.3, 0.4) is 0 Å². The fourth-order valence-corrected chi connectivity index (χ4v) is 2.51. The predicted octanol–water partition coefficient (Wildman–Crippen LogP) is 4.11. The number of phenolic OH excluding ortho intramolecular Hbond substituents is 1. The van der Waals surface area contributed by atoms with Crippen molar-refractivity contribution in [2.45, 2.75) is 12.3 Å². The third kappa shape index (κ3) is 3.34. The Bertz CT molecular complexity index is 450. The second kappa shape index (κ2) is 5.87. The average molecular weight is 291 g/mol. The zero-order valence-corrected chi connectivity index (χ0v) is 11.1. The Morgan fingerprint density at radius 2 is 1.59 bits per heavy atom. The quantitative estimate of drug-likeness (QED) is 0.840. The van der Waals surface area contributed by atoms with Gasteiger partial charge in [-0.15, -0.1) is 0 Å². The summed E-state index contributed by atoms with van der Waals surface area (Å²) in [5.41, 5.74) is 2.59. The maximum Gasteiger partial charge on any atom is 0.115 e. The van der Waals surface area contributed by atoms with E-state index in [1.807, 2.05) is 18.2 Å². The largest absolute Gasteiger partial charge is 0.508 e. The molecule has 0 fully saturated rings. The van der Waals surface area contributed by atoms with E-state index in [-0.39, 0.29) is 0 Å². The molecule has 0 amide bonds. The molecule has 0 saturated heterocycles. The maximum absolute atomic E-state index is 9.26. The van der Waals surface area contributed by atoms with E-state index in [0.29, 0.717) is 11.7 Å². The van der Waals surface area contributed by atoms with E-state index in [0.717, 1.165) is 11.8 Å². The Labute approximate surface area is 110 Å². The highest BCUT2D eigenvalue weighted by Gasteiger charge is 2.10. The molecule has 0 radical (unpaired) electrons. The molecule has 2 rings (SSSR count). The van der Waals surface area contributed by atoms with Crippen LogP contribution in [0.1, 0.15) is 17.0 Å². The lowest BCUT2D eigenvalue weighted by atomic mass is 9.94. The number of rotatable bonds is 4. The number of phenols is 1. The summed E-state index contributed by atoms with van der Waals surface area (Å²) in [5, 5.41) is 10.2. The van der Waals surface area contributed by atoms with Gasteiger partial charge in [0.15, 0.2) is 0 Å². The van der Waals surface area contributed by atoms with Crippen LogP contribution in [0.4, 0.5) is 0 Å². The Morgan fingerprint density at radius 1 is 0.941 bits per heavy atom. The number of aromatic hydroxyl groups is 1. The van der Waals surface area contributed by atoms with Gasteiger partial charge in [0.25, 0.3) is 0 Å². The van der Waals surface area contributed by atoms with E-state index < -0.39 is 0 Å². The van der Waals surface area contributed by atoms with Gasteiger partial charge in [-0.25, -0.2) is 0 Å². The molecule has 0 saturated carbocycles. The number of halogens is 1. The Balaban J connectivity index is 2.13. The van der Waals surface area contributed by atoms with E-state index in [9.17, 15) is 5.11 Å². The van der Waals surface area contributed by atoms with Gasteiger partial charge >= 0.3 is 0 Å². The molecule has 0 aliphatic carbocycles. The molecule has 2 aromatic rings. The zero-order valence-electron chi connectivity index (χ0n) is 9.51. The van der Waals surface area contributed by atoms with E-state index >= 15 is 0 Å². The summed E-state index contributed by atoms with van der Waals surface area (Å²) in [7, 11) is 0. The molecule has 1 atom stereocenters. The van der Waals surface area contributed by atoms with Crippen molar-refractivity contribution in [2.75, 3.05) is 5.33 Å². The Morgan fingerprint density at radius 3 is 2.18 bits per heavy atom. The van der Waals surface area contributed by atoms with Gasteiger partial charge in [-0.1, -0.05) is 58.4 Å². The highest BCUT2D eigenvalue weighted by atomic mass is 79.9. The first-order chi connectivity index (χ1) is 8.29. The van der Waals surface area contributed by atoms with Crippen molar-refractivity contribution in [2.24, 2.45) is 0 Å². The number of hydrogen-bond acceptors (Lipinski definition) is 1. The molecule has 17 heavy (non-hydrogen) atoms. The SMILES string of the molecule is Oc1ccc(CC(CBr)c2ccccc2)cc1. The summed E-state index contributed by atoms with van der Waals surface area (Å²) >= 11 is 3.58. The summed E-state index contributed by atoms with van der Waals surface area (Å²) < 4.78 is 0. The van der Waals surface area contributed by atoms with Gasteiger partial charge in [-0.2, -0.15) is 0 Å². The molecule has 1 nitrogen and oxygen atoms in total. The van der Waals surface area contributed by atoms with E-state index in [4.69, 9.17) is 0 Å². The van der Waals surface area contributed by atoms with Gasteiger partial charge in [0, 0.05) is 5.33 Å². The van der Waals surface area contributed by atoms with Crippen LogP contribution >= 0.6 is 15.9 Å². The minimum atomic E-state index is 0.323. The van der Waals surface area contributed by atoms with Crippen molar-refractivity contribution in [3.05, 3.63) is 65.7 Å². The fraction of sp³-hybridized carbons (Fsp3) is 0.200. The molecule has 0 aliphatic heterocycles. The van der Waals surface area contributed by atoms with Crippen LogP contribution in [0.15, 0.2) is 54.6 Å². The van der Waals surface area contributed by atoms with Gasteiger partial charge in [-0.3, -0.25) is 0 Å². The molecule has 0 aliphatic rings. The van der Waals surface area contributed by atoms with Gasteiger partial charge in [0.2, 0.25) is 0 Å². The van der Waals surface area contributed by atoms with Crippen LogP contribution in [0.5, 0.6) is 5.75 Å².